The van der Waals surface area contributed by atoms with Gasteiger partial charge in [-0.1, -0.05) is 30.3 Å². The molecule has 1 aromatic carbocycles. The van der Waals surface area contributed by atoms with Gasteiger partial charge in [-0.05, 0) is 92.6 Å². The Kier molecular flexibility index (Phi) is 6.54. The highest BCUT2D eigenvalue weighted by atomic mass is 16.5. The fraction of sp³-hybridized carbons (Fsp3) is 0.652. The van der Waals surface area contributed by atoms with Gasteiger partial charge >= 0.3 is 0 Å². The summed E-state index contributed by atoms with van der Waals surface area (Å²) in [5.74, 6) is 3.73. The van der Waals surface area contributed by atoms with E-state index in [1.165, 1.54) is 63.4 Å². The molecule has 0 heterocycles. The molecule has 24 heavy (non-hydrogen) atoms. The van der Waals surface area contributed by atoms with Gasteiger partial charge in [-0.15, -0.1) is 6.58 Å². The fourth-order valence-corrected chi connectivity index (χ4v) is 5.11. The summed E-state index contributed by atoms with van der Waals surface area (Å²) in [5, 5.41) is 0. The van der Waals surface area contributed by atoms with Gasteiger partial charge in [0.1, 0.15) is 0 Å². The van der Waals surface area contributed by atoms with Crippen LogP contribution in [0.4, 0.5) is 0 Å². The zero-order chi connectivity index (χ0) is 16.8. The molecule has 0 unspecified atom stereocenters. The summed E-state index contributed by atoms with van der Waals surface area (Å²) < 4.78 is 5.21. The smallest absolute Gasteiger partial charge is 0.0713 e. The number of benzene rings is 1. The van der Waals surface area contributed by atoms with E-state index in [0.717, 1.165) is 30.3 Å². The maximum Gasteiger partial charge on any atom is 0.0713 e. The molecule has 1 heteroatoms. The van der Waals surface area contributed by atoms with Crippen LogP contribution in [0.1, 0.15) is 74.8 Å². The van der Waals surface area contributed by atoms with Gasteiger partial charge in [0.25, 0.3) is 0 Å². The first-order valence-electron chi connectivity index (χ1n) is 9.98. The van der Waals surface area contributed by atoms with Crippen LogP contribution in [-0.2, 0) is 11.3 Å². The number of rotatable bonds is 6. The van der Waals surface area contributed by atoms with E-state index >= 15 is 0 Å². The molecule has 2 aliphatic rings. The molecule has 2 aliphatic carbocycles. The zero-order valence-corrected chi connectivity index (χ0v) is 15.4. The van der Waals surface area contributed by atoms with Gasteiger partial charge in [0, 0.05) is 7.11 Å². The van der Waals surface area contributed by atoms with Crippen LogP contribution >= 0.6 is 0 Å². The third-order valence-corrected chi connectivity index (χ3v) is 6.59. The summed E-state index contributed by atoms with van der Waals surface area (Å²) >= 11 is 0. The molecule has 0 radical (unpaired) electrons. The van der Waals surface area contributed by atoms with E-state index in [0.29, 0.717) is 0 Å². The van der Waals surface area contributed by atoms with Crippen molar-refractivity contribution >= 4 is 0 Å². The van der Waals surface area contributed by atoms with Crippen molar-refractivity contribution in [3.05, 3.63) is 48.0 Å². The van der Waals surface area contributed by atoms with Crippen molar-refractivity contribution in [2.45, 2.75) is 70.3 Å². The Hall–Kier alpha value is -1.08. The standard InChI is InChI=1S/C23H34O/c1-3-4-18-5-9-20(10-6-18)22-13-15-23(16-14-22)21-11-7-19(8-12-21)17-24-2/h3,7-8,11-12,18,20,22-23H,1,4-6,9-10,13-17H2,2H3/t18-,20-,22?,23?. The van der Waals surface area contributed by atoms with E-state index < -0.39 is 0 Å². The highest BCUT2D eigenvalue weighted by molar-refractivity contribution is 5.25. The summed E-state index contributed by atoms with van der Waals surface area (Å²) in [5.41, 5.74) is 2.83. The highest BCUT2D eigenvalue weighted by Gasteiger charge is 2.30. The Bertz CT molecular complexity index is 487. The SMILES string of the molecule is C=CC[C@H]1CC[C@H](C2CCC(c3ccc(COC)cc3)CC2)CC1. The lowest BCUT2D eigenvalue weighted by Gasteiger charge is -2.38. The van der Waals surface area contributed by atoms with Gasteiger partial charge in [0.05, 0.1) is 6.61 Å². The summed E-state index contributed by atoms with van der Waals surface area (Å²) in [7, 11) is 1.76. The molecule has 0 N–H and O–H groups in total. The van der Waals surface area contributed by atoms with Crippen molar-refractivity contribution in [3.8, 4) is 0 Å². The lowest BCUT2D eigenvalue weighted by atomic mass is 9.68. The molecule has 0 atom stereocenters. The third kappa shape index (κ3) is 4.51. The van der Waals surface area contributed by atoms with Crippen LogP contribution in [0.3, 0.4) is 0 Å². The predicted octanol–water partition coefficient (Wildman–Crippen LogP) is 6.49. The van der Waals surface area contributed by atoms with Gasteiger partial charge in [-0.2, -0.15) is 0 Å². The topological polar surface area (TPSA) is 9.23 Å². The molecule has 3 rings (SSSR count). The van der Waals surface area contributed by atoms with Crippen LogP contribution < -0.4 is 0 Å². The van der Waals surface area contributed by atoms with Gasteiger partial charge in [0.2, 0.25) is 0 Å². The molecule has 1 nitrogen and oxygen atoms in total. The molecule has 0 amide bonds. The van der Waals surface area contributed by atoms with Crippen molar-refractivity contribution in [2.75, 3.05) is 7.11 Å². The second-order valence-corrected chi connectivity index (χ2v) is 8.09. The lowest BCUT2D eigenvalue weighted by molar-refractivity contribution is 0.160. The summed E-state index contributed by atoms with van der Waals surface area (Å²) in [6.07, 6.45) is 14.9. The lowest BCUT2D eigenvalue weighted by Crippen LogP contribution is -2.25. The first-order valence-corrected chi connectivity index (χ1v) is 9.98. The molecule has 2 saturated carbocycles. The van der Waals surface area contributed by atoms with Gasteiger partial charge < -0.3 is 4.74 Å². The van der Waals surface area contributed by atoms with Crippen LogP contribution in [-0.4, -0.2) is 7.11 Å². The molecule has 132 valence electrons. The Morgan fingerprint density at radius 1 is 0.917 bits per heavy atom. The quantitative estimate of drug-likeness (QED) is 0.543. The number of ether oxygens (including phenoxy) is 1. The summed E-state index contributed by atoms with van der Waals surface area (Å²) in [6, 6.07) is 9.15. The Balaban J connectivity index is 1.46. The normalized spacial score (nSPS) is 30.9. The molecular formula is C23H34O. The summed E-state index contributed by atoms with van der Waals surface area (Å²) in [6.45, 7) is 4.63. The van der Waals surface area contributed by atoms with Crippen LogP contribution in [0.15, 0.2) is 36.9 Å². The van der Waals surface area contributed by atoms with Gasteiger partial charge in [0.15, 0.2) is 0 Å². The largest absolute Gasteiger partial charge is 0.380 e. The molecule has 0 aromatic heterocycles. The van der Waals surface area contributed by atoms with Crippen LogP contribution in [0.5, 0.6) is 0 Å². The number of methoxy groups -OCH3 is 1. The average Bonchev–Trinajstić information content (AvgIpc) is 2.64. The number of hydrogen-bond acceptors (Lipinski definition) is 1. The Labute approximate surface area is 148 Å². The minimum Gasteiger partial charge on any atom is -0.380 e. The molecule has 1 aromatic rings. The monoisotopic (exact) mass is 326 g/mol. The maximum atomic E-state index is 5.21. The molecule has 0 aliphatic heterocycles. The van der Waals surface area contributed by atoms with E-state index in [1.807, 2.05) is 0 Å². The van der Waals surface area contributed by atoms with Gasteiger partial charge in [-0.25, -0.2) is 0 Å². The minimum absolute atomic E-state index is 0.724. The Morgan fingerprint density at radius 2 is 1.50 bits per heavy atom. The van der Waals surface area contributed by atoms with Crippen molar-refractivity contribution in [2.24, 2.45) is 17.8 Å². The van der Waals surface area contributed by atoms with Crippen molar-refractivity contribution < 1.29 is 4.74 Å². The van der Waals surface area contributed by atoms with E-state index in [4.69, 9.17) is 4.74 Å². The van der Waals surface area contributed by atoms with Crippen LogP contribution in [0.25, 0.3) is 0 Å². The summed E-state index contributed by atoms with van der Waals surface area (Å²) in [4.78, 5) is 0. The number of allylic oxidation sites excluding steroid dienone is 1. The second-order valence-electron chi connectivity index (χ2n) is 8.09. The molecule has 0 saturated heterocycles. The predicted molar refractivity (Wildman–Crippen MR) is 102 cm³/mol. The van der Waals surface area contributed by atoms with E-state index in [9.17, 15) is 0 Å². The van der Waals surface area contributed by atoms with Crippen LogP contribution in [0.2, 0.25) is 0 Å². The second kappa shape index (κ2) is 8.85. The highest BCUT2D eigenvalue weighted by Crippen LogP contribution is 2.44. The minimum atomic E-state index is 0.724. The number of hydrogen-bond donors (Lipinski definition) is 0. The van der Waals surface area contributed by atoms with E-state index in [1.54, 1.807) is 12.7 Å². The molecular weight excluding hydrogens is 292 g/mol. The molecule has 0 spiro atoms. The van der Waals surface area contributed by atoms with E-state index in [-0.39, 0.29) is 0 Å². The first kappa shape index (κ1) is 17.7. The van der Waals surface area contributed by atoms with Crippen LogP contribution in [0, 0.1) is 17.8 Å². The van der Waals surface area contributed by atoms with Crippen molar-refractivity contribution in [3.63, 3.8) is 0 Å². The van der Waals surface area contributed by atoms with Crippen molar-refractivity contribution in [1.82, 2.24) is 0 Å². The van der Waals surface area contributed by atoms with Gasteiger partial charge in [-0.3, -0.25) is 0 Å². The zero-order valence-electron chi connectivity index (χ0n) is 15.4. The maximum absolute atomic E-state index is 5.21. The molecule has 0 bridgehead atoms. The molecule has 2 fully saturated rings. The van der Waals surface area contributed by atoms with E-state index in [2.05, 4.69) is 36.9 Å². The third-order valence-electron chi connectivity index (χ3n) is 6.59. The van der Waals surface area contributed by atoms with Crippen molar-refractivity contribution in [1.29, 1.82) is 0 Å². The average molecular weight is 327 g/mol. The Morgan fingerprint density at radius 3 is 2.04 bits per heavy atom. The first-order chi connectivity index (χ1) is 11.8. The fourth-order valence-electron chi connectivity index (χ4n) is 5.11.